The van der Waals surface area contributed by atoms with Gasteiger partial charge in [0, 0.05) is 18.9 Å². The molecule has 1 amide bonds. The number of amides is 1. The van der Waals surface area contributed by atoms with E-state index in [1.165, 1.54) is 10.3 Å². The fraction of sp³-hybridized carbons (Fsp3) is 0.286. The molecule has 0 unspecified atom stereocenters. The fourth-order valence-corrected chi connectivity index (χ4v) is 2.38. The molecular formula is C14H17N7O3S. The molecular weight excluding hydrogens is 346 g/mol. The van der Waals surface area contributed by atoms with Gasteiger partial charge >= 0.3 is 5.97 Å². The number of carbonyl (C=O) groups excluding carboxylic acids is 2. The van der Waals surface area contributed by atoms with Gasteiger partial charge in [-0.3, -0.25) is 9.78 Å². The monoisotopic (exact) mass is 363 g/mol. The quantitative estimate of drug-likeness (QED) is 0.323. The number of hydrazone groups is 1. The van der Waals surface area contributed by atoms with Crippen molar-refractivity contribution in [3.05, 3.63) is 42.0 Å². The Labute approximate surface area is 148 Å². The van der Waals surface area contributed by atoms with Gasteiger partial charge in [0.05, 0.1) is 31.2 Å². The maximum absolute atomic E-state index is 12.1. The van der Waals surface area contributed by atoms with Crippen LogP contribution in [0.4, 0.5) is 0 Å². The van der Waals surface area contributed by atoms with E-state index in [0.29, 0.717) is 5.69 Å². The molecule has 0 saturated carbocycles. The van der Waals surface area contributed by atoms with Crippen LogP contribution in [0.3, 0.4) is 0 Å². The topological polar surface area (TPSA) is 123 Å². The van der Waals surface area contributed by atoms with Crippen molar-refractivity contribution in [3.63, 3.8) is 0 Å². The predicted molar refractivity (Wildman–Crippen MR) is 91.5 cm³/mol. The van der Waals surface area contributed by atoms with Gasteiger partial charge in [0.15, 0.2) is 5.69 Å². The summed E-state index contributed by atoms with van der Waals surface area (Å²) in [6.45, 7) is 1.95. The molecule has 0 aromatic carbocycles. The lowest BCUT2D eigenvalue weighted by molar-refractivity contribution is -0.119. The summed E-state index contributed by atoms with van der Waals surface area (Å²) in [5.41, 5.74) is 3.30. The van der Waals surface area contributed by atoms with Gasteiger partial charge in [-0.2, -0.15) is 9.19 Å². The van der Waals surface area contributed by atoms with Gasteiger partial charge in [0.1, 0.15) is 0 Å². The maximum atomic E-state index is 12.1. The van der Waals surface area contributed by atoms with Crippen LogP contribution in [0.5, 0.6) is 0 Å². The minimum absolute atomic E-state index is 0.0676. The van der Waals surface area contributed by atoms with E-state index in [1.807, 2.05) is 0 Å². The van der Waals surface area contributed by atoms with Crippen LogP contribution in [0.1, 0.15) is 23.1 Å². The van der Waals surface area contributed by atoms with Gasteiger partial charge < -0.3 is 15.5 Å². The van der Waals surface area contributed by atoms with Crippen molar-refractivity contribution in [2.45, 2.75) is 13.3 Å². The highest BCUT2D eigenvalue weighted by Gasteiger charge is 2.15. The molecule has 0 aliphatic rings. The van der Waals surface area contributed by atoms with E-state index in [2.05, 4.69) is 31.1 Å². The van der Waals surface area contributed by atoms with Crippen LogP contribution in [0, 0.1) is 0 Å². The van der Waals surface area contributed by atoms with E-state index in [1.54, 1.807) is 38.4 Å². The molecule has 10 nitrogen and oxygen atoms in total. The van der Waals surface area contributed by atoms with Gasteiger partial charge in [-0.15, -0.1) is 5.10 Å². The lowest BCUT2D eigenvalue weighted by atomic mass is 10.2. The first-order valence-corrected chi connectivity index (χ1v) is 8.11. The first kappa shape index (κ1) is 18.4. The molecule has 0 spiro atoms. The number of rotatable bonds is 6. The average molecular weight is 363 g/mol. The second kappa shape index (κ2) is 9.37. The van der Waals surface area contributed by atoms with E-state index in [0.717, 1.165) is 11.9 Å². The lowest BCUT2D eigenvalue weighted by Crippen LogP contribution is -2.32. The van der Waals surface area contributed by atoms with Gasteiger partial charge in [-0.25, -0.2) is 4.79 Å². The standard InChI is InChI=1S/C14H17N7O3S/c1-3-24-13(23)11-9-21(20-18-11)25-14(19-15-2)17-12(22)8-10-6-4-5-7-16-10/h4-7,9,15H,3,8H2,1-2H3,(H,17,19,22). The Bertz CT molecular complexity index is 748. The van der Waals surface area contributed by atoms with Crippen LogP contribution in [-0.2, 0) is 16.0 Å². The number of esters is 1. The van der Waals surface area contributed by atoms with E-state index < -0.39 is 5.97 Å². The molecule has 0 atom stereocenters. The highest BCUT2D eigenvalue weighted by molar-refractivity contribution is 8.12. The number of amidine groups is 1. The number of ether oxygens (including phenoxy) is 1. The molecule has 132 valence electrons. The second-order valence-corrected chi connectivity index (χ2v) is 5.45. The van der Waals surface area contributed by atoms with Crippen molar-refractivity contribution in [1.82, 2.24) is 30.1 Å². The summed E-state index contributed by atoms with van der Waals surface area (Å²) < 4.78 is 6.14. The summed E-state index contributed by atoms with van der Waals surface area (Å²) in [5, 5.41) is 14.4. The molecule has 0 fully saturated rings. The summed E-state index contributed by atoms with van der Waals surface area (Å²) in [4.78, 5) is 27.8. The average Bonchev–Trinajstić information content (AvgIpc) is 3.05. The normalized spacial score (nSPS) is 11.0. The molecule has 0 radical (unpaired) electrons. The minimum Gasteiger partial charge on any atom is -0.461 e. The van der Waals surface area contributed by atoms with E-state index >= 15 is 0 Å². The number of nitrogens with zero attached hydrogens (tertiary/aromatic N) is 5. The zero-order valence-corrected chi connectivity index (χ0v) is 14.5. The van der Waals surface area contributed by atoms with E-state index in [9.17, 15) is 9.59 Å². The second-order valence-electron chi connectivity index (χ2n) is 4.50. The van der Waals surface area contributed by atoms with Crippen molar-refractivity contribution in [1.29, 1.82) is 0 Å². The van der Waals surface area contributed by atoms with Crippen LogP contribution in [0.2, 0.25) is 0 Å². The van der Waals surface area contributed by atoms with Crippen molar-refractivity contribution in [2.75, 3.05) is 13.7 Å². The SMILES string of the molecule is CCOC(=O)c1cn(S/C(=N\NC)NC(=O)Cc2ccccn2)nn1. The highest BCUT2D eigenvalue weighted by Crippen LogP contribution is 2.07. The molecule has 0 aliphatic heterocycles. The highest BCUT2D eigenvalue weighted by atomic mass is 32.2. The largest absolute Gasteiger partial charge is 0.461 e. The molecule has 2 rings (SSSR count). The third-order valence-electron chi connectivity index (χ3n) is 2.67. The van der Waals surface area contributed by atoms with Gasteiger partial charge in [-0.1, -0.05) is 11.3 Å². The molecule has 0 saturated heterocycles. The van der Waals surface area contributed by atoms with Crippen LogP contribution < -0.4 is 10.7 Å². The smallest absolute Gasteiger partial charge is 0.360 e. The van der Waals surface area contributed by atoms with E-state index in [4.69, 9.17) is 4.74 Å². The lowest BCUT2D eigenvalue weighted by Gasteiger charge is -2.07. The Hall–Kier alpha value is -2.95. The summed E-state index contributed by atoms with van der Waals surface area (Å²) in [6.07, 6.45) is 3.11. The molecule has 2 aromatic heterocycles. The third kappa shape index (κ3) is 5.88. The van der Waals surface area contributed by atoms with Crippen LogP contribution in [0.15, 0.2) is 35.7 Å². The third-order valence-corrected chi connectivity index (χ3v) is 3.40. The number of nitrogens with one attached hydrogen (secondary N) is 2. The Balaban J connectivity index is 1.98. The molecule has 2 N–H and O–H groups in total. The Morgan fingerprint density at radius 3 is 2.92 bits per heavy atom. The van der Waals surface area contributed by atoms with Crippen molar-refractivity contribution in [2.24, 2.45) is 5.10 Å². The molecule has 0 aliphatic carbocycles. The van der Waals surface area contributed by atoms with Gasteiger partial charge in [0.25, 0.3) is 0 Å². The van der Waals surface area contributed by atoms with Crippen molar-refractivity contribution >= 4 is 29.0 Å². The van der Waals surface area contributed by atoms with Crippen molar-refractivity contribution < 1.29 is 14.3 Å². The minimum atomic E-state index is -0.569. The number of hydrogen-bond acceptors (Lipinski definition) is 9. The van der Waals surface area contributed by atoms with Gasteiger partial charge in [-0.05, 0) is 19.1 Å². The van der Waals surface area contributed by atoms with Gasteiger partial charge in [0.2, 0.25) is 11.1 Å². The predicted octanol–water partition coefficient (Wildman–Crippen LogP) is 0.195. The maximum Gasteiger partial charge on any atom is 0.360 e. The first-order chi connectivity index (χ1) is 12.1. The first-order valence-electron chi connectivity index (χ1n) is 7.34. The Morgan fingerprint density at radius 1 is 1.40 bits per heavy atom. The summed E-state index contributed by atoms with van der Waals surface area (Å²) in [5.74, 6) is -0.855. The molecule has 2 aromatic rings. The zero-order valence-electron chi connectivity index (χ0n) is 13.7. The van der Waals surface area contributed by atoms with E-state index in [-0.39, 0.29) is 29.8 Å². The Morgan fingerprint density at radius 2 is 2.24 bits per heavy atom. The number of hydrogen-bond donors (Lipinski definition) is 2. The van der Waals surface area contributed by atoms with Crippen molar-refractivity contribution in [3.8, 4) is 0 Å². The number of pyridine rings is 1. The summed E-state index contributed by atoms with van der Waals surface area (Å²) in [7, 11) is 1.59. The fourth-order valence-electron chi connectivity index (χ4n) is 1.68. The zero-order chi connectivity index (χ0) is 18.1. The number of aromatic nitrogens is 4. The Kier molecular flexibility index (Phi) is 6.89. The summed E-state index contributed by atoms with van der Waals surface area (Å²) >= 11 is 0.979. The molecule has 2 heterocycles. The van der Waals surface area contributed by atoms with Crippen LogP contribution in [0.25, 0.3) is 0 Å². The summed E-state index contributed by atoms with van der Waals surface area (Å²) in [6, 6.07) is 5.33. The molecule has 11 heteroatoms. The van der Waals surface area contributed by atoms with Crippen LogP contribution in [-0.4, -0.2) is 50.1 Å². The molecule has 0 bridgehead atoms. The number of carbonyl (C=O) groups is 2. The molecule has 25 heavy (non-hydrogen) atoms. The van der Waals surface area contributed by atoms with Crippen LogP contribution >= 0.6 is 11.9 Å².